The van der Waals surface area contributed by atoms with Crippen LogP contribution in [-0.2, 0) is 26.1 Å². The van der Waals surface area contributed by atoms with E-state index in [-0.39, 0.29) is 0 Å². The number of carboxylic acid groups (broad SMARTS) is 2. The first-order valence-electron chi connectivity index (χ1n) is 11.1. The van der Waals surface area contributed by atoms with Gasteiger partial charge in [-0.1, -0.05) is 39.5 Å². The molecule has 0 bridgehead atoms. The molecule has 0 unspecified atom stereocenters. The quantitative estimate of drug-likeness (QED) is 0.243. The van der Waals surface area contributed by atoms with Crippen LogP contribution in [0.1, 0.15) is 66.2 Å². The minimum absolute atomic E-state index is 0.472. The van der Waals surface area contributed by atoms with Crippen LogP contribution in [-0.4, -0.2) is 45.3 Å². The van der Waals surface area contributed by atoms with Gasteiger partial charge >= 0.3 is 35.3 Å². The summed E-state index contributed by atoms with van der Waals surface area (Å²) in [5.41, 5.74) is 1.61. The molecule has 0 saturated heterocycles. The molecular formula is C24H36Cl2N2O6Pt. The Balaban J connectivity index is 0. The molecule has 2 aromatic rings. The monoisotopic (exact) mass is 713 g/mol. The summed E-state index contributed by atoms with van der Waals surface area (Å²) in [5, 5.41) is 14.8. The molecular weight excluding hydrogens is 678 g/mol. The van der Waals surface area contributed by atoms with Crippen molar-refractivity contribution in [3.05, 3.63) is 36.7 Å². The normalized spacial score (nSPS) is 9.31. The summed E-state index contributed by atoms with van der Waals surface area (Å²) in [7, 11) is 9.75. The van der Waals surface area contributed by atoms with E-state index in [1.807, 2.05) is 24.3 Å². The van der Waals surface area contributed by atoms with Gasteiger partial charge in [-0.2, -0.15) is 0 Å². The Morgan fingerprint density at radius 1 is 0.800 bits per heavy atom. The van der Waals surface area contributed by atoms with Gasteiger partial charge in [0.1, 0.15) is 11.5 Å². The van der Waals surface area contributed by atoms with Gasteiger partial charge < -0.3 is 19.7 Å². The molecule has 0 aliphatic heterocycles. The van der Waals surface area contributed by atoms with Crippen molar-refractivity contribution in [3.8, 4) is 22.9 Å². The predicted molar refractivity (Wildman–Crippen MR) is 136 cm³/mol. The standard InChI is InChI=1S/C20H28N2O2.2C2H4O2.2ClH.Pt/c1-3-5-7-13-23-17-9-11-21-19(15-17)20-16-18(10-12-22-20)24-14-8-6-4-2;2*1-2(3)4;;;/h9-12,15-16H,3-8,13-14H2,1-2H3;2*1H3,(H,3,4);2*1H;/q;;;;;+2/p-2. The summed E-state index contributed by atoms with van der Waals surface area (Å²) >= 11 is -0.472. The van der Waals surface area contributed by atoms with Gasteiger partial charge in [-0.15, -0.1) is 0 Å². The van der Waals surface area contributed by atoms with Gasteiger partial charge in [0.25, 0.3) is 11.9 Å². The number of hydrogen-bond donors (Lipinski definition) is 2. The van der Waals surface area contributed by atoms with Crippen molar-refractivity contribution >= 4 is 30.8 Å². The molecule has 2 aromatic heterocycles. The number of aromatic nitrogens is 2. The van der Waals surface area contributed by atoms with Crippen molar-refractivity contribution in [1.29, 1.82) is 0 Å². The van der Waals surface area contributed by atoms with Crippen molar-refractivity contribution in [2.24, 2.45) is 0 Å². The zero-order chi connectivity index (χ0) is 26.9. The molecule has 0 atom stereocenters. The maximum absolute atomic E-state index is 9.00. The van der Waals surface area contributed by atoms with Crippen LogP contribution in [0.2, 0.25) is 0 Å². The Kier molecular flexibility index (Phi) is 25.4. The molecule has 0 spiro atoms. The third-order valence-electron chi connectivity index (χ3n) is 3.76. The SMILES string of the molecule is CC(=O)O.CC(=O)O.CCCCCOc1ccnc(-c2cc(OCCCCC)ccn2)c1.[Cl][Pt][Cl]. The van der Waals surface area contributed by atoms with E-state index in [9.17, 15) is 0 Å². The van der Waals surface area contributed by atoms with Gasteiger partial charge in [0.15, 0.2) is 0 Å². The average molecular weight is 715 g/mol. The fraction of sp³-hybridized carbons (Fsp3) is 0.500. The zero-order valence-electron chi connectivity index (χ0n) is 20.6. The van der Waals surface area contributed by atoms with Crippen molar-refractivity contribution < 1.29 is 45.8 Å². The second-order valence-corrected chi connectivity index (χ2v) is 10.2. The number of carbonyl (C=O) groups is 2. The molecule has 2 heterocycles. The zero-order valence-corrected chi connectivity index (χ0v) is 24.4. The summed E-state index contributed by atoms with van der Waals surface area (Å²) in [4.78, 5) is 26.8. The van der Waals surface area contributed by atoms with Crippen LogP contribution < -0.4 is 9.47 Å². The van der Waals surface area contributed by atoms with E-state index in [1.54, 1.807) is 12.4 Å². The molecule has 0 radical (unpaired) electrons. The van der Waals surface area contributed by atoms with Crippen molar-refractivity contribution in [2.45, 2.75) is 66.2 Å². The van der Waals surface area contributed by atoms with Crippen molar-refractivity contribution in [3.63, 3.8) is 0 Å². The predicted octanol–water partition coefficient (Wildman–Crippen LogP) is 6.84. The molecule has 11 heteroatoms. The van der Waals surface area contributed by atoms with Crippen LogP contribution in [0.25, 0.3) is 11.4 Å². The third kappa shape index (κ3) is 25.0. The van der Waals surface area contributed by atoms with Gasteiger partial charge in [-0.25, -0.2) is 0 Å². The maximum atomic E-state index is 9.00. The Bertz CT molecular complexity index is 742. The fourth-order valence-electron chi connectivity index (χ4n) is 2.37. The first-order chi connectivity index (χ1) is 16.7. The second-order valence-electron chi connectivity index (χ2n) is 6.95. The van der Waals surface area contributed by atoms with E-state index in [1.165, 1.54) is 25.7 Å². The van der Waals surface area contributed by atoms with E-state index in [0.29, 0.717) is 0 Å². The number of nitrogens with zero attached hydrogens (tertiary/aromatic N) is 2. The van der Waals surface area contributed by atoms with Gasteiger partial charge in [-0.05, 0) is 25.0 Å². The Morgan fingerprint density at radius 2 is 1.11 bits per heavy atom. The number of pyridine rings is 2. The van der Waals surface area contributed by atoms with Crippen LogP contribution in [0.5, 0.6) is 11.5 Å². The Morgan fingerprint density at radius 3 is 1.40 bits per heavy atom. The molecule has 0 aliphatic carbocycles. The van der Waals surface area contributed by atoms with Crippen LogP contribution in [0, 0.1) is 0 Å². The first-order valence-corrected chi connectivity index (χ1v) is 16.7. The van der Waals surface area contributed by atoms with Crippen LogP contribution in [0.3, 0.4) is 0 Å². The van der Waals surface area contributed by atoms with Gasteiger partial charge in [0.2, 0.25) is 0 Å². The van der Waals surface area contributed by atoms with Gasteiger partial charge in [-0.3, -0.25) is 19.6 Å². The number of hydrogen-bond acceptors (Lipinski definition) is 6. The molecule has 0 aromatic carbocycles. The second kappa shape index (κ2) is 25.2. The molecule has 0 aliphatic rings. The van der Waals surface area contributed by atoms with E-state index in [2.05, 4.69) is 23.8 Å². The van der Waals surface area contributed by atoms with E-state index in [0.717, 1.165) is 62.8 Å². The van der Waals surface area contributed by atoms with E-state index >= 15 is 0 Å². The Hall–Kier alpha value is -1.89. The number of ether oxygens (including phenoxy) is 2. The van der Waals surface area contributed by atoms with Crippen molar-refractivity contribution in [2.75, 3.05) is 13.2 Å². The number of carboxylic acids is 2. The number of rotatable bonds is 11. The Labute approximate surface area is 224 Å². The summed E-state index contributed by atoms with van der Waals surface area (Å²) in [6.45, 7) is 8.03. The van der Waals surface area contributed by atoms with E-state index < -0.39 is 28.4 Å². The molecule has 8 nitrogen and oxygen atoms in total. The molecule has 2 N–H and O–H groups in total. The molecule has 0 amide bonds. The number of unbranched alkanes of at least 4 members (excludes halogenated alkanes) is 4. The third-order valence-corrected chi connectivity index (χ3v) is 3.76. The van der Waals surface area contributed by atoms with Crippen LogP contribution in [0.4, 0.5) is 0 Å². The molecule has 202 valence electrons. The summed E-state index contributed by atoms with van der Waals surface area (Å²) in [5.74, 6) is 0.0133. The molecule has 2 rings (SSSR count). The molecule has 35 heavy (non-hydrogen) atoms. The summed E-state index contributed by atoms with van der Waals surface area (Å²) < 4.78 is 11.6. The summed E-state index contributed by atoms with van der Waals surface area (Å²) in [6.07, 6.45) is 10.5. The van der Waals surface area contributed by atoms with Gasteiger partial charge in [0.05, 0.1) is 24.6 Å². The topological polar surface area (TPSA) is 119 Å². The van der Waals surface area contributed by atoms with Gasteiger partial charge in [0, 0.05) is 38.4 Å². The first kappa shape index (κ1) is 35.3. The van der Waals surface area contributed by atoms with Crippen LogP contribution >= 0.6 is 18.8 Å². The summed E-state index contributed by atoms with van der Waals surface area (Å²) in [6, 6.07) is 7.66. The average Bonchev–Trinajstić information content (AvgIpc) is 2.80. The van der Waals surface area contributed by atoms with Crippen LogP contribution in [0.15, 0.2) is 36.7 Å². The fourth-order valence-corrected chi connectivity index (χ4v) is 2.37. The minimum atomic E-state index is -0.833. The number of halogens is 2. The van der Waals surface area contributed by atoms with E-state index in [4.69, 9.17) is 48.1 Å². The van der Waals surface area contributed by atoms with Crippen molar-refractivity contribution in [1.82, 2.24) is 9.97 Å². The molecule has 0 fully saturated rings. The number of aliphatic carboxylic acids is 2. The molecule has 0 saturated carbocycles.